The maximum absolute atomic E-state index is 13.0. The Hall–Kier alpha value is -4.96. The smallest absolute Gasteiger partial charge is 0.230 e. The van der Waals surface area contributed by atoms with Gasteiger partial charge in [-0.2, -0.15) is 0 Å². The molecule has 0 bridgehead atoms. The first-order valence-corrected chi connectivity index (χ1v) is 12.6. The number of anilines is 2. The van der Waals surface area contributed by atoms with Gasteiger partial charge in [-0.25, -0.2) is 4.98 Å². The summed E-state index contributed by atoms with van der Waals surface area (Å²) < 4.78 is 1.92. The standard InChI is InChI=1S/C31H25N5O2/c37-26-11-14-35(15-12-26)30-19-29-28(18-24(30)10-9-22-5-2-1-3-6-22)34-31(38)20-27(33-29)23-7-4-8-25(17-23)36-16-13-32-21-36/h1-8,13,16-19,21H,11-12,14-15,20H2,(H,34,38). The van der Waals surface area contributed by atoms with Crippen molar-refractivity contribution in [2.24, 2.45) is 4.99 Å². The van der Waals surface area contributed by atoms with E-state index in [4.69, 9.17) is 4.99 Å². The molecule has 0 spiro atoms. The third-order valence-corrected chi connectivity index (χ3v) is 6.73. The zero-order valence-electron chi connectivity index (χ0n) is 20.7. The Bertz CT molecular complexity index is 1600. The van der Waals surface area contributed by atoms with Crippen LogP contribution in [0.15, 0.2) is 90.4 Å². The molecule has 0 unspecified atom stereocenters. The van der Waals surface area contributed by atoms with Crippen LogP contribution in [0, 0.1) is 11.8 Å². The Kier molecular flexibility index (Phi) is 6.29. The van der Waals surface area contributed by atoms with Crippen molar-refractivity contribution in [3.8, 4) is 17.5 Å². The summed E-state index contributed by atoms with van der Waals surface area (Å²) in [4.78, 5) is 36.2. The summed E-state index contributed by atoms with van der Waals surface area (Å²) in [6.45, 7) is 1.26. The molecule has 1 saturated heterocycles. The first-order chi connectivity index (χ1) is 18.6. The number of piperidine rings is 1. The molecular formula is C31H25N5O2. The number of benzene rings is 3. The summed E-state index contributed by atoms with van der Waals surface area (Å²) in [6, 6.07) is 21.6. The lowest BCUT2D eigenvalue weighted by molar-refractivity contribution is -0.119. The van der Waals surface area contributed by atoms with E-state index >= 15 is 0 Å². The van der Waals surface area contributed by atoms with Crippen molar-refractivity contribution in [2.75, 3.05) is 23.3 Å². The highest BCUT2D eigenvalue weighted by atomic mass is 16.1. The average molecular weight is 500 g/mol. The zero-order valence-corrected chi connectivity index (χ0v) is 20.7. The van der Waals surface area contributed by atoms with Crippen LogP contribution < -0.4 is 10.2 Å². The fourth-order valence-electron chi connectivity index (χ4n) is 4.75. The summed E-state index contributed by atoms with van der Waals surface area (Å²) in [5, 5.41) is 3.03. The maximum Gasteiger partial charge on any atom is 0.230 e. The van der Waals surface area contributed by atoms with Crippen LogP contribution in [-0.4, -0.2) is 40.0 Å². The lowest BCUT2D eigenvalue weighted by Gasteiger charge is -2.29. The van der Waals surface area contributed by atoms with Gasteiger partial charge in [-0.05, 0) is 42.0 Å². The molecule has 0 saturated carbocycles. The third-order valence-electron chi connectivity index (χ3n) is 6.73. The van der Waals surface area contributed by atoms with E-state index in [1.165, 1.54) is 0 Å². The number of nitrogens with one attached hydrogen (secondary N) is 1. The van der Waals surface area contributed by atoms with Crippen molar-refractivity contribution in [2.45, 2.75) is 19.3 Å². The molecule has 38 heavy (non-hydrogen) atoms. The van der Waals surface area contributed by atoms with E-state index in [0.29, 0.717) is 43.0 Å². The SMILES string of the molecule is O=C1CCN(c2cc3c(cc2C#Cc2ccccc2)NC(=O)CC(c2cccc(-n4ccnc4)c2)=N3)CC1. The van der Waals surface area contributed by atoms with Gasteiger partial charge < -0.3 is 14.8 Å². The van der Waals surface area contributed by atoms with E-state index in [-0.39, 0.29) is 18.1 Å². The summed E-state index contributed by atoms with van der Waals surface area (Å²) in [7, 11) is 0. The van der Waals surface area contributed by atoms with Gasteiger partial charge in [0.25, 0.3) is 0 Å². The van der Waals surface area contributed by atoms with E-state index in [1.807, 2.05) is 77.5 Å². The van der Waals surface area contributed by atoms with Crippen LogP contribution >= 0.6 is 0 Å². The summed E-state index contributed by atoms with van der Waals surface area (Å²) in [6.07, 6.45) is 6.52. The highest BCUT2D eigenvalue weighted by Gasteiger charge is 2.23. The highest BCUT2D eigenvalue weighted by Crippen LogP contribution is 2.37. The number of rotatable bonds is 3. The fraction of sp³-hybridized carbons (Fsp3) is 0.161. The monoisotopic (exact) mass is 499 g/mol. The molecule has 7 nitrogen and oxygen atoms in total. The summed E-state index contributed by atoms with van der Waals surface area (Å²) >= 11 is 0. The number of hydrogen-bond donors (Lipinski definition) is 1. The molecule has 1 aromatic heterocycles. The minimum Gasteiger partial charge on any atom is -0.370 e. The number of amides is 1. The predicted molar refractivity (Wildman–Crippen MR) is 148 cm³/mol. The van der Waals surface area contributed by atoms with E-state index in [2.05, 4.69) is 27.0 Å². The Morgan fingerprint density at radius 2 is 1.74 bits per heavy atom. The van der Waals surface area contributed by atoms with E-state index in [1.54, 1.807) is 12.5 Å². The van der Waals surface area contributed by atoms with Crippen molar-refractivity contribution in [1.82, 2.24) is 9.55 Å². The lowest BCUT2D eigenvalue weighted by atomic mass is 10.0. The van der Waals surface area contributed by atoms with Crippen molar-refractivity contribution in [3.05, 3.63) is 102 Å². The van der Waals surface area contributed by atoms with Gasteiger partial charge in [-0.15, -0.1) is 0 Å². The number of Topliss-reactive ketones (excluding diaryl/α,β-unsaturated/α-hetero) is 1. The highest BCUT2D eigenvalue weighted by molar-refractivity contribution is 6.17. The van der Waals surface area contributed by atoms with E-state index in [9.17, 15) is 9.59 Å². The molecule has 3 heterocycles. The Morgan fingerprint density at radius 1 is 0.895 bits per heavy atom. The molecule has 1 fully saturated rings. The summed E-state index contributed by atoms with van der Waals surface area (Å²) in [5.74, 6) is 6.69. The number of nitrogens with zero attached hydrogens (tertiary/aromatic N) is 4. The minimum atomic E-state index is -0.131. The second kappa shape index (κ2) is 10.2. The van der Waals surface area contributed by atoms with Crippen molar-refractivity contribution in [1.29, 1.82) is 0 Å². The number of imidazole rings is 1. The molecule has 2 aliphatic heterocycles. The first-order valence-electron chi connectivity index (χ1n) is 12.6. The van der Waals surface area contributed by atoms with Gasteiger partial charge in [0.2, 0.25) is 5.91 Å². The van der Waals surface area contributed by atoms with E-state index in [0.717, 1.165) is 28.1 Å². The second-order valence-corrected chi connectivity index (χ2v) is 9.33. The normalized spacial score (nSPS) is 15.1. The molecule has 1 amide bonds. The number of carbonyl (C=O) groups is 2. The van der Waals surface area contributed by atoms with Crippen LogP contribution in [0.5, 0.6) is 0 Å². The second-order valence-electron chi connectivity index (χ2n) is 9.33. The third kappa shape index (κ3) is 4.97. The zero-order chi connectivity index (χ0) is 25.9. The fourth-order valence-corrected chi connectivity index (χ4v) is 4.75. The molecule has 0 aliphatic carbocycles. The van der Waals surface area contributed by atoms with Crippen LogP contribution in [0.1, 0.15) is 36.0 Å². The van der Waals surface area contributed by atoms with Gasteiger partial charge in [0.15, 0.2) is 0 Å². The van der Waals surface area contributed by atoms with Gasteiger partial charge in [0.1, 0.15) is 5.78 Å². The molecule has 3 aromatic carbocycles. The predicted octanol–water partition coefficient (Wildman–Crippen LogP) is 4.90. The lowest BCUT2D eigenvalue weighted by Crippen LogP contribution is -2.34. The number of hydrogen-bond acceptors (Lipinski definition) is 5. The van der Waals surface area contributed by atoms with Crippen LogP contribution in [-0.2, 0) is 9.59 Å². The quantitative estimate of drug-likeness (QED) is 0.407. The Morgan fingerprint density at radius 3 is 2.53 bits per heavy atom. The molecule has 0 atom stereocenters. The van der Waals surface area contributed by atoms with Gasteiger partial charge >= 0.3 is 0 Å². The number of ketones is 1. The van der Waals surface area contributed by atoms with Crippen molar-refractivity contribution < 1.29 is 9.59 Å². The molecular weight excluding hydrogens is 474 g/mol. The average Bonchev–Trinajstić information content (AvgIpc) is 3.43. The number of aliphatic imine (C=N–C) groups is 1. The maximum atomic E-state index is 13.0. The molecule has 4 aromatic rings. The number of carbonyl (C=O) groups excluding carboxylic acids is 2. The van der Waals surface area contributed by atoms with Gasteiger partial charge in [0, 0.05) is 49.6 Å². The molecule has 186 valence electrons. The minimum absolute atomic E-state index is 0.131. The number of aromatic nitrogens is 2. The van der Waals surface area contributed by atoms with Crippen LogP contribution in [0.4, 0.5) is 17.1 Å². The molecule has 1 N–H and O–H groups in total. The van der Waals surface area contributed by atoms with Crippen LogP contribution in [0.2, 0.25) is 0 Å². The van der Waals surface area contributed by atoms with Crippen LogP contribution in [0.25, 0.3) is 5.69 Å². The van der Waals surface area contributed by atoms with Gasteiger partial charge in [-0.1, -0.05) is 42.2 Å². The topological polar surface area (TPSA) is 79.6 Å². The largest absolute Gasteiger partial charge is 0.370 e. The molecule has 6 rings (SSSR count). The Balaban J connectivity index is 1.44. The Labute approximate surface area is 220 Å². The van der Waals surface area contributed by atoms with Crippen molar-refractivity contribution in [3.63, 3.8) is 0 Å². The number of fused-ring (bicyclic) bond motifs is 1. The van der Waals surface area contributed by atoms with Gasteiger partial charge in [-0.3, -0.25) is 14.6 Å². The molecule has 2 aliphatic rings. The van der Waals surface area contributed by atoms with E-state index < -0.39 is 0 Å². The molecule has 7 heteroatoms. The first kappa shape index (κ1) is 23.4. The molecule has 0 radical (unpaired) electrons. The van der Waals surface area contributed by atoms with Gasteiger partial charge in [0.05, 0.1) is 41.1 Å². The van der Waals surface area contributed by atoms with Crippen LogP contribution in [0.3, 0.4) is 0 Å². The summed E-state index contributed by atoms with van der Waals surface area (Å²) in [5.41, 5.74) is 6.43. The van der Waals surface area contributed by atoms with Crippen molar-refractivity contribution >= 4 is 34.5 Å².